The Bertz CT molecular complexity index is 773. The van der Waals surface area contributed by atoms with Crippen LogP contribution in [0.1, 0.15) is 22.8 Å². The van der Waals surface area contributed by atoms with Crippen LogP contribution in [0, 0.1) is 0 Å². The smallest absolute Gasteiger partial charge is 0.255 e. The molecule has 0 spiro atoms. The fourth-order valence-electron chi connectivity index (χ4n) is 2.32. The second-order valence-corrected chi connectivity index (χ2v) is 4.91. The van der Waals surface area contributed by atoms with Crippen LogP contribution in [0.4, 0.5) is 5.69 Å². The summed E-state index contributed by atoms with van der Waals surface area (Å²) in [6, 6.07) is 15.4. The third-order valence-electron chi connectivity index (χ3n) is 3.55. The molecule has 1 N–H and O–H groups in total. The highest BCUT2D eigenvalue weighted by Gasteiger charge is 2.08. The number of carbonyl (C=O) groups is 1. The summed E-state index contributed by atoms with van der Waals surface area (Å²) < 4.78 is 0. The minimum Gasteiger partial charge on any atom is -0.321 e. The highest BCUT2D eigenvalue weighted by molar-refractivity contribution is 6.09. The molecule has 0 fully saturated rings. The molecule has 0 saturated heterocycles. The molecule has 0 bridgehead atoms. The van der Waals surface area contributed by atoms with Gasteiger partial charge in [0.25, 0.3) is 5.91 Å². The lowest BCUT2D eigenvalue weighted by atomic mass is 10.1. The molecular weight excluding hydrogens is 260 g/mol. The number of nitrogens with one attached hydrogen (secondary N) is 1. The van der Waals surface area contributed by atoms with Gasteiger partial charge in [-0.2, -0.15) is 0 Å². The van der Waals surface area contributed by atoms with Gasteiger partial charge in [0, 0.05) is 34.4 Å². The number of aryl methyl sites for hydroxylation is 1. The monoisotopic (exact) mass is 276 g/mol. The first-order chi connectivity index (χ1) is 10.3. The fourth-order valence-corrected chi connectivity index (χ4v) is 2.32. The predicted molar refractivity (Wildman–Crippen MR) is 85.5 cm³/mol. The van der Waals surface area contributed by atoms with Crippen LogP contribution in [0.2, 0.25) is 0 Å². The first-order valence-electron chi connectivity index (χ1n) is 7.01. The molecule has 1 amide bonds. The van der Waals surface area contributed by atoms with E-state index in [1.54, 1.807) is 12.4 Å². The Hall–Kier alpha value is -2.68. The molecule has 2 aromatic carbocycles. The van der Waals surface area contributed by atoms with Gasteiger partial charge < -0.3 is 5.32 Å². The van der Waals surface area contributed by atoms with Gasteiger partial charge in [-0.15, -0.1) is 0 Å². The summed E-state index contributed by atoms with van der Waals surface area (Å²) in [6.07, 6.45) is 4.49. The van der Waals surface area contributed by atoms with E-state index in [2.05, 4.69) is 17.2 Å². The minimum atomic E-state index is -0.0954. The van der Waals surface area contributed by atoms with Crippen molar-refractivity contribution in [3.05, 3.63) is 72.1 Å². The number of anilines is 1. The van der Waals surface area contributed by atoms with Crippen molar-refractivity contribution in [1.29, 1.82) is 0 Å². The quantitative estimate of drug-likeness (QED) is 0.784. The number of nitrogens with zero attached hydrogens (tertiary/aromatic N) is 1. The number of hydrogen-bond donors (Lipinski definition) is 1. The summed E-state index contributed by atoms with van der Waals surface area (Å²) >= 11 is 0. The Labute approximate surface area is 123 Å². The van der Waals surface area contributed by atoms with Crippen LogP contribution in [0.3, 0.4) is 0 Å². The molecule has 3 aromatic rings. The zero-order chi connectivity index (χ0) is 14.7. The van der Waals surface area contributed by atoms with Crippen LogP contribution < -0.4 is 5.32 Å². The number of benzene rings is 2. The summed E-state index contributed by atoms with van der Waals surface area (Å²) in [5.74, 6) is -0.0954. The molecule has 0 unspecified atom stereocenters. The van der Waals surface area contributed by atoms with Crippen molar-refractivity contribution >= 4 is 22.4 Å². The van der Waals surface area contributed by atoms with E-state index in [0.29, 0.717) is 5.56 Å². The molecule has 0 aliphatic rings. The molecule has 3 nitrogen and oxygen atoms in total. The zero-order valence-electron chi connectivity index (χ0n) is 11.8. The first-order valence-corrected chi connectivity index (χ1v) is 7.01. The number of rotatable bonds is 3. The van der Waals surface area contributed by atoms with Gasteiger partial charge in [0.15, 0.2) is 0 Å². The van der Waals surface area contributed by atoms with E-state index in [0.717, 1.165) is 22.9 Å². The van der Waals surface area contributed by atoms with E-state index in [1.165, 1.54) is 5.56 Å². The number of pyridine rings is 1. The van der Waals surface area contributed by atoms with Gasteiger partial charge >= 0.3 is 0 Å². The van der Waals surface area contributed by atoms with Gasteiger partial charge in [-0.1, -0.05) is 31.2 Å². The summed E-state index contributed by atoms with van der Waals surface area (Å²) in [7, 11) is 0. The van der Waals surface area contributed by atoms with Gasteiger partial charge in [-0.05, 0) is 36.2 Å². The highest BCUT2D eigenvalue weighted by atomic mass is 16.1. The molecule has 1 heterocycles. The summed E-state index contributed by atoms with van der Waals surface area (Å²) in [5, 5.41) is 4.97. The number of hydrogen-bond acceptors (Lipinski definition) is 2. The second-order valence-electron chi connectivity index (χ2n) is 4.91. The third kappa shape index (κ3) is 2.77. The lowest BCUT2D eigenvalue weighted by Crippen LogP contribution is -2.12. The summed E-state index contributed by atoms with van der Waals surface area (Å²) in [6.45, 7) is 2.10. The van der Waals surface area contributed by atoms with Crippen molar-refractivity contribution in [1.82, 2.24) is 4.98 Å². The van der Waals surface area contributed by atoms with Crippen molar-refractivity contribution in [2.45, 2.75) is 13.3 Å². The van der Waals surface area contributed by atoms with E-state index >= 15 is 0 Å². The Morgan fingerprint density at radius 2 is 1.90 bits per heavy atom. The normalized spacial score (nSPS) is 10.5. The molecule has 0 aliphatic carbocycles. The van der Waals surface area contributed by atoms with Gasteiger partial charge in [0.1, 0.15) is 0 Å². The molecule has 3 rings (SSSR count). The van der Waals surface area contributed by atoms with E-state index in [-0.39, 0.29) is 5.91 Å². The Morgan fingerprint density at radius 1 is 1.10 bits per heavy atom. The van der Waals surface area contributed by atoms with Gasteiger partial charge in [-0.3, -0.25) is 9.78 Å². The average molecular weight is 276 g/mol. The van der Waals surface area contributed by atoms with Crippen molar-refractivity contribution in [2.75, 3.05) is 5.32 Å². The molecule has 21 heavy (non-hydrogen) atoms. The highest BCUT2D eigenvalue weighted by Crippen LogP contribution is 2.22. The maximum absolute atomic E-state index is 12.3. The standard InChI is InChI=1S/C18H16N2O/c1-2-13-6-8-14(9-7-13)18(21)20-17-5-3-4-15-12-19-11-10-16(15)17/h3-12H,2H2,1H3,(H,20,21). The molecule has 104 valence electrons. The molecule has 0 saturated carbocycles. The minimum absolute atomic E-state index is 0.0954. The van der Waals surface area contributed by atoms with Crippen LogP contribution in [0.5, 0.6) is 0 Å². The van der Waals surface area contributed by atoms with Gasteiger partial charge in [0.2, 0.25) is 0 Å². The average Bonchev–Trinajstić information content (AvgIpc) is 2.55. The van der Waals surface area contributed by atoms with E-state index in [4.69, 9.17) is 0 Å². The van der Waals surface area contributed by atoms with Crippen LogP contribution in [-0.2, 0) is 6.42 Å². The van der Waals surface area contributed by atoms with Gasteiger partial charge in [0.05, 0.1) is 0 Å². The maximum Gasteiger partial charge on any atom is 0.255 e. The Kier molecular flexibility index (Phi) is 3.65. The maximum atomic E-state index is 12.3. The zero-order valence-corrected chi connectivity index (χ0v) is 11.8. The van der Waals surface area contributed by atoms with Crippen LogP contribution >= 0.6 is 0 Å². The molecule has 0 atom stereocenters. The Balaban J connectivity index is 1.89. The fraction of sp³-hybridized carbons (Fsp3) is 0.111. The van der Waals surface area contributed by atoms with Gasteiger partial charge in [-0.25, -0.2) is 0 Å². The van der Waals surface area contributed by atoms with Crippen molar-refractivity contribution in [2.24, 2.45) is 0 Å². The molecule has 3 heteroatoms. The number of carbonyl (C=O) groups excluding carboxylic acids is 1. The molecule has 1 aromatic heterocycles. The SMILES string of the molecule is CCc1ccc(C(=O)Nc2cccc3cnccc23)cc1. The largest absolute Gasteiger partial charge is 0.321 e. The lowest BCUT2D eigenvalue weighted by molar-refractivity contribution is 0.102. The summed E-state index contributed by atoms with van der Waals surface area (Å²) in [4.78, 5) is 16.4. The third-order valence-corrected chi connectivity index (χ3v) is 3.55. The lowest BCUT2D eigenvalue weighted by Gasteiger charge is -2.09. The van der Waals surface area contributed by atoms with E-state index in [9.17, 15) is 4.79 Å². The van der Waals surface area contributed by atoms with Crippen molar-refractivity contribution < 1.29 is 4.79 Å². The number of aromatic nitrogens is 1. The van der Waals surface area contributed by atoms with Crippen molar-refractivity contribution in [3.8, 4) is 0 Å². The number of amides is 1. The number of fused-ring (bicyclic) bond motifs is 1. The second kappa shape index (κ2) is 5.75. The first kappa shape index (κ1) is 13.3. The predicted octanol–water partition coefficient (Wildman–Crippen LogP) is 4.05. The van der Waals surface area contributed by atoms with Crippen LogP contribution in [0.25, 0.3) is 10.8 Å². The van der Waals surface area contributed by atoms with E-state index < -0.39 is 0 Å². The molecule has 0 radical (unpaired) electrons. The van der Waals surface area contributed by atoms with Crippen molar-refractivity contribution in [3.63, 3.8) is 0 Å². The summed E-state index contributed by atoms with van der Waals surface area (Å²) in [5.41, 5.74) is 2.69. The Morgan fingerprint density at radius 3 is 2.67 bits per heavy atom. The molecule has 0 aliphatic heterocycles. The van der Waals surface area contributed by atoms with E-state index in [1.807, 2.05) is 48.5 Å². The molecular formula is C18H16N2O. The van der Waals surface area contributed by atoms with Crippen LogP contribution in [-0.4, -0.2) is 10.9 Å². The topological polar surface area (TPSA) is 42.0 Å². The van der Waals surface area contributed by atoms with Crippen LogP contribution in [0.15, 0.2) is 60.9 Å².